The molecule has 1 aromatic carbocycles. The first-order chi connectivity index (χ1) is 10.2. The molecule has 1 aliphatic heterocycles. The molecule has 1 atom stereocenters. The number of nitrogens with zero attached hydrogens (tertiary/aromatic N) is 2. The van der Waals surface area contributed by atoms with Crippen molar-refractivity contribution in [1.29, 1.82) is 0 Å². The predicted octanol–water partition coefficient (Wildman–Crippen LogP) is 3.19. The van der Waals surface area contributed by atoms with E-state index in [0.717, 1.165) is 6.42 Å². The molecule has 3 heteroatoms. The average molecular weight is 288 g/mol. The molecule has 1 heterocycles. The molecule has 1 aromatic rings. The van der Waals surface area contributed by atoms with E-state index in [1.165, 1.54) is 56.4 Å². The molecule has 2 aliphatic rings. The Hall–Kier alpha value is -1.06. The zero-order valence-corrected chi connectivity index (χ0v) is 13.4. The van der Waals surface area contributed by atoms with Crippen molar-refractivity contribution >= 4 is 0 Å². The molecule has 0 bridgehead atoms. The van der Waals surface area contributed by atoms with Crippen LogP contribution in [-0.4, -0.2) is 47.6 Å². The van der Waals surface area contributed by atoms with Crippen LogP contribution in [0.15, 0.2) is 18.2 Å². The van der Waals surface area contributed by atoms with Crippen molar-refractivity contribution in [3.8, 4) is 5.75 Å². The smallest absolute Gasteiger partial charge is 0.115 e. The highest BCUT2D eigenvalue weighted by atomic mass is 16.3. The number of rotatable bonds is 3. The second-order valence-electron chi connectivity index (χ2n) is 6.62. The van der Waals surface area contributed by atoms with Gasteiger partial charge in [-0.1, -0.05) is 13.0 Å². The Morgan fingerprint density at radius 2 is 2.00 bits per heavy atom. The summed E-state index contributed by atoms with van der Waals surface area (Å²) in [5.74, 6) is 0.410. The summed E-state index contributed by atoms with van der Waals surface area (Å²) in [4.78, 5) is 5.17. The molecule has 1 saturated heterocycles. The zero-order chi connectivity index (χ0) is 14.8. The van der Waals surface area contributed by atoms with Crippen LogP contribution >= 0.6 is 0 Å². The van der Waals surface area contributed by atoms with Gasteiger partial charge in [0.15, 0.2) is 0 Å². The highest BCUT2D eigenvalue weighted by Gasteiger charge is 2.30. The van der Waals surface area contributed by atoms with Gasteiger partial charge < -0.3 is 10.0 Å². The fourth-order valence-corrected chi connectivity index (χ4v) is 4.10. The van der Waals surface area contributed by atoms with Gasteiger partial charge in [-0.3, -0.25) is 4.90 Å². The summed E-state index contributed by atoms with van der Waals surface area (Å²) in [5, 5.41) is 9.70. The van der Waals surface area contributed by atoms with Crippen LogP contribution < -0.4 is 0 Å². The van der Waals surface area contributed by atoms with E-state index in [1.54, 1.807) is 0 Å². The molecule has 0 radical (unpaired) electrons. The number of phenols is 1. The molecule has 3 nitrogen and oxygen atoms in total. The van der Waals surface area contributed by atoms with E-state index in [-0.39, 0.29) is 0 Å². The topological polar surface area (TPSA) is 26.7 Å². The van der Waals surface area contributed by atoms with Crippen molar-refractivity contribution in [3.63, 3.8) is 0 Å². The van der Waals surface area contributed by atoms with Crippen LogP contribution in [0.5, 0.6) is 5.75 Å². The van der Waals surface area contributed by atoms with Crippen molar-refractivity contribution in [2.45, 2.75) is 51.1 Å². The highest BCUT2D eigenvalue weighted by Crippen LogP contribution is 2.37. The van der Waals surface area contributed by atoms with E-state index in [0.29, 0.717) is 17.8 Å². The van der Waals surface area contributed by atoms with E-state index < -0.39 is 0 Å². The van der Waals surface area contributed by atoms with E-state index in [4.69, 9.17) is 0 Å². The Labute approximate surface area is 128 Å². The second kappa shape index (κ2) is 6.37. The summed E-state index contributed by atoms with van der Waals surface area (Å²) in [6.45, 7) is 5.91. The first kappa shape index (κ1) is 14.9. The maximum absolute atomic E-state index is 9.70. The van der Waals surface area contributed by atoms with Gasteiger partial charge in [0.1, 0.15) is 5.75 Å². The number of hydrogen-bond donors (Lipinski definition) is 1. The van der Waals surface area contributed by atoms with Gasteiger partial charge in [0.2, 0.25) is 0 Å². The molecule has 21 heavy (non-hydrogen) atoms. The van der Waals surface area contributed by atoms with E-state index in [1.807, 2.05) is 12.1 Å². The fourth-order valence-electron chi connectivity index (χ4n) is 4.10. The van der Waals surface area contributed by atoms with Gasteiger partial charge in [0, 0.05) is 12.1 Å². The second-order valence-corrected chi connectivity index (χ2v) is 6.62. The first-order valence-corrected chi connectivity index (χ1v) is 8.45. The summed E-state index contributed by atoms with van der Waals surface area (Å²) in [7, 11) is 2.30. The zero-order valence-electron chi connectivity index (χ0n) is 13.4. The van der Waals surface area contributed by atoms with Crippen molar-refractivity contribution in [3.05, 3.63) is 29.3 Å². The molecule has 1 N–H and O–H groups in total. The molecule has 3 rings (SSSR count). The molecule has 1 aliphatic carbocycles. The SMILES string of the molecule is CCN1CCC(N(C)C2CCCc3cc(O)ccc32)CC1. The largest absolute Gasteiger partial charge is 0.508 e. The first-order valence-electron chi connectivity index (χ1n) is 8.45. The van der Waals surface area contributed by atoms with Crippen LogP contribution in [0.25, 0.3) is 0 Å². The van der Waals surface area contributed by atoms with Crippen LogP contribution in [0, 0.1) is 0 Å². The average Bonchev–Trinajstić information content (AvgIpc) is 2.53. The number of fused-ring (bicyclic) bond motifs is 1. The van der Waals surface area contributed by atoms with Crippen LogP contribution in [0.4, 0.5) is 0 Å². The van der Waals surface area contributed by atoms with Crippen LogP contribution in [0.3, 0.4) is 0 Å². The third-order valence-electron chi connectivity index (χ3n) is 5.48. The van der Waals surface area contributed by atoms with Gasteiger partial charge in [-0.25, -0.2) is 0 Å². The minimum absolute atomic E-state index is 0.410. The molecule has 0 saturated carbocycles. The Kier molecular flexibility index (Phi) is 4.51. The summed E-state index contributed by atoms with van der Waals surface area (Å²) in [6, 6.07) is 7.20. The van der Waals surface area contributed by atoms with Gasteiger partial charge in [-0.2, -0.15) is 0 Å². The normalized spacial score (nSPS) is 24.2. The molecular formula is C18H28N2O. The third-order valence-corrected chi connectivity index (χ3v) is 5.48. The number of benzene rings is 1. The van der Waals surface area contributed by atoms with Crippen molar-refractivity contribution < 1.29 is 5.11 Å². The Balaban J connectivity index is 1.73. The fraction of sp³-hybridized carbons (Fsp3) is 0.667. The van der Waals surface area contributed by atoms with Gasteiger partial charge in [-0.05, 0) is 82.0 Å². The minimum Gasteiger partial charge on any atom is -0.508 e. The minimum atomic E-state index is 0.410. The number of aromatic hydroxyl groups is 1. The van der Waals surface area contributed by atoms with Gasteiger partial charge in [0.05, 0.1) is 0 Å². The lowest BCUT2D eigenvalue weighted by molar-refractivity contribution is 0.0908. The lowest BCUT2D eigenvalue weighted by Gasteiger charge is -2.42. The van der Waals surface area contributed by atoms with Gasteiger partial charge in [0.25, 0.3) is 0 Å². The number of likely N-dealkylation sites (tertiary alicyclic amines) is 1. The Bertz CT molecular complexity index is 480. The molecule has 0 amide bonds. The molecular weight excluding hydrogens is 260 g/mol. The van der Waals surface area contributed by atoms with Crippen molar-refractivity contribution in [2.75, 3.05) is 26.7 Å². The van der Waals surface area contributed by atoms with Crippen LogP contribution in [0.2, 0.25) is 0 Å². The monoisotopic (exact) mass is 288 g/mol. The standard InChI is InChI=1S/C18H28N2O/c1-3-20-11-9-15(10-12-20)19(2)18-6-4-5-14-13-16(21)7-8-17(14)18/h7-8,13,15,18,21H,3-6,9-12H2,1-2H3. The van der Waals surface area contributed by atoms with E-state index in [2.05, 4.69) is 29.8 Å². The summed E-state index contributed by atoms with van der Waals surface area (Å²) in [5.41, 5.74) is 2.79. The number of phenolic OH excluding ortho intramolecular Hbond substituents is 1. The summed E-state index contributed by atoms with van der Waals surface area (Å²) >= 11 is 0. The van der Waals surface area contributed by atoms with Crippen LogP contribution in [0.1, 0.15) is 49.8 Å². The van der Waals surface area contributed by atoms with Crippen molar-refractivity contribution in [2.24, 2.45) is 0 Å². The van der Waals surface area contributed by atoms with Crippen LogP contribution in [-0.2, 0) is 6.42 Å². The van der Waals surface area contributed by atoms with Gasteiger partial charge in [-0.15, -0.1) is 0 Å². The Morgan fingerprint density at radius 1 is 1.24 bits per heavy atom. The number of piperidine rings is 1. The lowest BCUT2D eigenvalue weighted by Crippen LogP contribution is -2.45. The van der Waals surface area contributed by atoms with E-state index >= 15 is 0 Å². The molecule has 0 spiro atoms. The Morgan fingerprint density at radius 3 is 2.71 bits per heavy atom. The molecule has 1 fully saturated rings. The molecule has 1 unspecified atom stereocenters. The summed E-state index contributed by atoms with van der Waals surface area (Å²) in [6.07, 6.45) is 6.17. The maximum Gasteiger partial charge on any atom is 0.115 e. The third kappa shape index (κ3) is 3.09. The quantitative estimate of drug-likeness (QED) is 0.925. The summed E-state index contributed by atoms with van der Waals surface area (Å²) < 4.78 is 0. The van der Waals surface area contributed by atoms with Crippen molar-refractivity contribution in [1.82, 2.24) is 9.80 Å². The molecule has 0 aromatic heterocycles. The molecule has 116 valence electrons. The number of hydrogen-bond acceptors (Lipinski definition) is 3. The van der Waals surface area contributed by atoms with E-state index in [9.17, 15) is 5.11 Å². The maximum atomic E-state index is 9.70. The lowest BCUT2D eigenvalue weighted by atomic mass is 9.85. The van der Waals surface area contributed by atoms with Gasteiger partial charge >= 0.3 is 0 Å². The highest BCUT2D eigenvalue weighted by molar-refractivity contribution is 5.38. The number of aryl methyl sites for hydroxylation is 1. The predicted molar refractivity (Wildman–Crippen MR) is 86.7 cm³/mol.